The van der Waals surface area contributed by atoms with Gasteiger partial charge in [-0.3, -0.25) is 9.78 Å². The summed E-state index contributed by atoms with van der Waals surface area (Å²) in [7, 11) is 0. The van der Waals surface area contributed by atoms with Crippen molar-refractivity contribution in [1.82, 2.24) is 9.97 Å². The van der Waals surface area contributed by atoms with E-state index in [4.69, 9.17) is 4.74 Å². The fraction of sp³-hybridized carbons (Fsp3) is 0.167. The van der Waals surface area contributed by atoms with Crippen LogP contribution in [0.1, 0.15) is 24.2 Å². The van der Waals surface area contributed by atoms with Gasteiger partial charge in [-0.15, -0.1) is 0 Å². The van der Waals surface area contributed by atoms with E-state index >= 15 is 0 Å². The monoisotopic (exact) mass is 323 g/mol. The molecule has 24 heavy (non-hydrogen) atoms. The zero-order chi connectivity index (χ0) is 17.1. The van der Waals surface area contributed by atoms with E-state index in [-0.39, 0.29) is 11.7 Å². The number of hydrogen-bond acceptors (Lipinski definition) is 5. The van der Waals surface area contributed by atoms with Crippen molar-refractivity contribution in [2.75, 3.05) is 5.32 Å². The van der Waals surface area contributed by atoms with E-state index in [0.717, 1.165) is 0 Å². The van der Waals surface area contributed by atoms with E-state index in [2.05, 4.69) is 15.3 Å². The second-order valence-corrected chi connectivity index (χ2v) is 5.59. The molecule has 0 unspecified atom stereocenters. The fourth-order valence-electron chi connectivity index (χ4n) is 2.29. The first kappa shape index (κ1) is 15.7. The molecule has 0 amide bonds. The standard InChI is InChI=1S/C18H17N3O3/c1-11(2)24-17(23)12-6-5-7-13(10-12)19-18-20-15-9-4-3-8-14(15)16(22)21-18/h3-11H,1-2H3,(H2,19,20,21,22). The molecule has 1 heterocycles. The summed E-state index contributed by atoms with van der Waals surface area (Å²) in [6.45, 7) is 3.59. The van der Waals surface area contributed by atoms with Crippen molar-refractivity contribution in [3.8, 4) is 0 Å². The highest BCUT2D eigenvalue weighted by Crippen LogP contribution is 2.17. The molecule has 6 heteroatoms. The van der Waals surface area contributed by atoms with Crippen LogP contribution in [0.2, 0.25) is 0 Å². The Morgan fingerprint density at radius 2 is 1.96 bits per heavy atom. The molecule has 0 atom stereocenters. The Bertz CT molecular complexity index is 947. The Balaban J connectivity index is 1.89. The van der Waals surface area contributed by atoms with Crippen LogP contribution in [0.25, 0.3) is 10.9 Å². The van der Waals surface area contributed by atoms with Gasteiger partial charge in [0.2, 0.25) is 5.95 Å². The molecule has 0 saturated carbocycles. The van der Waals surface area contributed by atoms with Crippen LogP contribution >= 0.6 is 0 Å². The summed E-state index contributed by atoms with van der Waals surface area (Å²) >= 11 is 0. The van der Waals surface area contributed by atoms with Gasteiger partial charge in [-0.05, 0) is 44.2 Å². The van der Waals surface area contributed by atoms with Crippen LogP contribution in [0.4, 0.5) is 11.6 Å². The zero-order valence-electron chi connectivity index (χ0n) is 13.4. The third-order valence-corrected chi connectivity index (χ3v) is 3.32. The van der Waals surface area contributed by atoms with Gasteiger partial charge in [0.15, 0.2) is 0 Å². The second kappa shape index (κ2) is 6.54. The minimum atomic E-state index is -0.395. The van der Waals surface area contributed by atoms with Crippen LogP contribution in [0, 0.1) is 0 Å². The number of anilines is 2. The first-order chi connectivity index (χ1) is 11.5. The number of aromatic amines is 1. The first-order valence-corrected chi connectivity index (χ1v) is 7.60. The maximum atomic E-state index is 12.1. The number of ether oxygens (including phenoxy) is 1. The zero-order valence-corrected chi connectivity index (χ0v) is 13.4. The number of nitrogens with one attached hydrogen (secondary N) is 2. The van der Waals surface area contributed by atoms with Crippen LogP contribution < -0.4 is 10.9 Å². The molecule has 6 nitrogen and oxygen atoms in total. The minimum Gasteiger partial charge on any atom is -0.459 e. The molecule has 2 N–H and O–H groups in total. The first-order valence-electron chi connectivity index (χ1n) is 7.60. The van der Waals surface area contributed by atoms with Gasteiger partial charge >= 0.3 is 5.97 Å². The van der Waals surface area contributed by atoms with E-state index in [1.807, 2.05) is 6.07 Å². The molecule has 0 aliphatic heterocycles. The number of rotatable bonds is 4. The molecule has 0 bridgehead atoms. The number of carbonyl (C=O) groups excluding carboxylic acids is 1. The number of para-hydroxylation sites is 1. The highest BCUT2D eigenvalue weighted by atomic mass is 16.5. The van der Waals surface area contributed by atoms with Gasteiger partial charge in [0.05, 0.1) is 22.6 Å². The van der Waals surface area contributed by atoms with E-state index in [1.54, 1.807) is 56.3 Å². The van der Waals surface area contributed by atoms with Crippen LogP contribution in [0.3, 0.4) is 0 Å². The maximum Gasteiger partial charge on any atom is 0.338 e. The summed E-state index contributed by atoms with van der Waals surface area (Å²) in [5, 5.41) is 3.54. The van der Waals surface area contributed by atoms with E-state index < -0.39 is 5.97 Å². The third kappa shape index (κ3) is 3.43. The quantitative estimate of drug-likeness (QED) is 0.720. The number of hydrogen-bond donors (Lipinski definition) is 2. The number of H-pyrrole nitrogens is 1. The number of nitrogens with zero attached hydrogens (tertiary/aromatic N) is 1. The van der Waals surface area contributed by atoms with Crippen LogP contribution in [-0.4, -0.2) is 22.0 Å². The number of aromatic nitrogens is 2. The SMILES string of the molecule is CC(C)OC(=O)c1cccc(Nc2nc3ccccc3c(=O)[nH]2)c1. The lowest BCUT2D eigenvalue weighted by molar-refractivity contribution is 0.0378. The van der Waals surface area contributed by atoms with Gasteiger partial charge in [0, 0.05) is 5.69 Å². The average Bonchev–Trinajstić information content (AvgIpc) is 2.54. The highest BCUT2D eigenvalue weighted by molar-refractivity contribution is 5.90. The molecule has 3 rings (SSSR count). The number of benzene rings is 2. The lowest BCUT2D eigenvalue weighted by Crippen LogP contribution is -2.13. The molecule has 0 spiro atoms. The smallest absolute Gasteiger partial charge is 0.338 e. The molecule has 2 aromatic carbocycles. The van der Waals surface area contributed by atoms with Gasteiger partial charge in [0.1, 0.15) is 0 Å². The topological polar surface area (TPSA) is 84.1 Å². The Kier molecular flexibility index (Phi) is 4.29. The van der Waals surface area contributed by atoms with E-state index in [9.17, 15) is 9.59 Å². The average molecular weight is 323 g/mol. The summed E-state index contributed by atoms with van der Waals surface area (Å²) < 4.78 is 5.18. The van der Waals surface area contributed by atoms with Gasteiger partial charge < -0.3 is 10.1 Å². The molecular formula is C18H17N3O3. The van der Waals surface area contributed by atoms with Crippen molar-refractivity contribution in [3.63, 3.8) is 0 Å². The summed E-state index contributed by atoms with van der Waals surface area (Å²) in [5.41, 5.74) is 1.43. The van der Waals surface area contributed by atoms with Gasteiger partial charge in [-0.2, -0.15) is 0 Å². The molecule has 122 valence electrons. The molecule has 0 aliphatic rings. The molecule has 3 aromatic rings. The fourth-order valence-corrected chi connectivity index (χ4v) is 2.29. The van der Waals surface area contributed by atoms with Crippen molar-refractivity contribution < 1.29 is 9.53 Å². The van der Waals surface area contributed by atoms with Crippen LogP contribution in [0.15, 0.2) is 53.3 Å². The van der Waals surface area contributed by atoms with Crippen LogP contribution in [-0.2, 0) is 4.74 Å². The van der Waals surface area contributed by atoms with Crippen molar-refractivity contribution in [3.05, 3.63) is 64.4 Å². The minimum absolute atomic E-state index is 0.187. The van der Waals surface area contributed by atoms with Crippen molar-refractivity contribution in [2.24, 2.45) is 0 Å². The van der Waals surface area contributed by atoms with Gasteiger partial charge in [0.25, 0.3) is 5.56 Å². The Morgan fingerprint density at radius 3 is 2.75 bits per heavy atom. The predicted octanol–water partition coefficient (Wildman–Crippen LogP) is 3.23. The Hall–Kier alpha value is -3.15. The van der Waals surface area contributed by atoms with Crippen molar-refractivity contribution in [1.29, 1.82) is 0 Å². The number of fused-ring (bicyclic) bond motifs is 1. The predicted molar refractivity (Wildman–Crippen MR) is 92.6 cm³/mol. The lowest BCUT2D eigenvalue weighted by atomic mass is 10.2. The summed E-state index contributed by atoms with van der Waals surface area (Å²) in [6.07, 6.45) is -0.187. The van der Waals surface area contributed by atoms with Crippen molar-refractivity contribution in [2.45, 2.75) is 20.0 Å². The molecule has 0 saturated heterocycles. The molecule has 1 aromatic heterocycles. The lowest BCUT2D eigenvalue weighted by Gasteiger charge is -2.10. The Labute approximate surface area is 138 Å². The Morgan fingerprint density at radius 1 is 1.17 bits per heavy atom. The van der Waals surface area contributed by atoms with Gasteiger partial charge in [-0.1, -0.05) is 18.2 Å². The number of esters is 1. The van der Waals surface area contributed by atoms with E-state index in [0.29, 0.717) is 28.1 Å². The van der Waals surface area contributed by atoms with Gasteiger partial charge in [-0.25, -0.2) is 9.78 Å². The summed E-state index contributed by atoms with van der Waals surface area (Å²) in [4.78, 5) is 31.1. The largest absolute Gasteiger partial charge is 0.459 e. The molecular weight excluding hydrogens is 306 g/mol. The molecule has 0 aliphatic carbocycles. The summed E-state index contributed by atoms with van der Waals surface area (Å²) in [5.74, 6) is -0.0818. The van der Waals surface area contributed by atoms with Crippen LogP contribution in [0.5, 0.6) is 0 Å². The normalized spacial score (nSPS) is 10.8. The molecule has 0 fully saturated rings. The number of carbonyl (C=O) groups is 1. The molecule has 0 radical (unpaired) electrons. The summed E-state index contributed by atoms with van der Waals surface area (Å²) in [6, 6.07) is 13.9. The maximum absolute atomic E-state index is 12.1. The highest BCUT2D eigenvalue weighted by Gasteiger charge is 2.10. The second-order valence-electron chi connectivity index (χ2n) is 5.59. The van der Waals surface area contributed by atoms with E-state index in [1.165, 1.54) is 0 Å². The third-order valence-electron chi connectivity index (χ3n) is 3.32. The van der Waals surface area contributed by atoms with Crippen molar-refractivity contribution >= 4 is 28.5 Å².